The highest BCUT2D eigenvalue weighted by Gasteiger charge is 2.16. The summed E-state index contributed by atoms with van der Waals surface area (Å²) in [5, 5.41) is 7.33. The van der Waals surface area contributed by atoms with Gasteiger partial charge < -0.3 is 15.0 Å². The number of aromatic nitrogens is 2. The van der Waals surface area contributed by atoms with Crippen LogP contribution in [0.4, 0.5) is 0 Å². The number of morpholine rings is 1. The van der Waals surface area contributed by atoms with Crippen LogP contribution in [-0.2, 0) is 17.8 Å². The molecule has 0 spiro atoms. The first-order valence-corrected chi connectivity index (χ1v) is 9.66. The molecule has 0 atom stereocenters. The van der Waals surface area contributed by atoms with Crippen molar-refractivity contribution in [1.82, 2.24) is 15.1 Å². The molecule has 2 aromatic carbocycles. The summed E-state index contributed by atoms with van der Waals surface area (Å²) < 4.78 is 7.16. The molecule has 1 fully saturated rings. The molecule has 1 saturated heterocycles. The number of ether oxygens (including phenoxy) is 1. The van der Waals surface area contributed by atoms with Gasteiger partial charge in [0.25, 0.3) is 5.91 Å². The minimum atomic E-state index is -0.115. The lowest BCUT2D eigenvalue weighted by atomic mass is 10.1. The van der Waals surface area contributed by atoms with Crippen LogP contribution in [0.3, 0.4) is 0 Å². The molecule has 1 aliphatic heterocycles. The van der Waals surface area contributed by atoms with Crippen molar-refractivity contribution in [2.75, 3.05) is 26.3 Å². The Kier molecular flexibility index (Phi) is 5.80. The van der Waals surface area contributed by atoms with Crippen LogP contribution >= 0.6 is 0 Å². The molecule has 144 valence electrons. The number of hydrogen-bond acceptors (Lipinski definition) is 3. The predicted molar refractivity (Wildman–Crippen MR) is 106 cm³/mol. The first kappa shape index (κ1) is 18.4. The fraction of sp³-hybridized carbons (Fsp3) is 0.273. The number of nitrogens with zero attached hydrogens (tertiary/aromatic N) is 2. The van der Waals surface area contributed by atoms with Crippen molar-refractivity contribution in [1.29, 1.82) is 0 Å². The number of benzene rings is 2. The summed E-state index contributed by atoms with van der Waals surface area (Å²) in [6.07, 6.45) is 3.36. The smallest absolute Gasteiger partial charge is 0.254 e. The average molecular weight is 377 g/mol. The molecule has 2 N–H and O–H groups in total. The molecular formula is C22H25N4O2+. The molecular weight excluding hydrogens is 352 g/mol. The summed E-state index contributed by atoms with van der Waals surface area (Å²) in [5.74, 6) is -0.115. The van der Waals surface area contributed by atoms with Gasteiger partial charge in [0.2, 0.25) is 0 Å². The number of rotatable bonds is 6. The molecule has 6 nitrogen and oxygen atoms in total. The Morgan fingerprint density at radius 1 is 1.04 bits per heavy atom. The van der Waals surface area contributed by atoms with Crippen LogP contribution in [0.15, 0.2) is 67.0 Å². The zero-order valence-corrected chi connectivity index (χ0v) is 15.8. The van der Waals surface area contributed by atoms with Gasteiger partial charge in [0.15, 0.2) is 0 Å². The zero-order chi connectivity index (χ0) is 19.2. The van der Waals surface area contributed by atoms with E-state index in [0.717, 1.165) is 44.1 Å². The number of para-hydroxylation sites is 1. The van der Waals surface area contributed by atoms with E-state index >= 15 is 0 Å². The van der Waals surface area contributed by atoms with Gasteiger partial charge in [-0.05, 0) is 17.7 Å². The van der Waals surface area contributed by atoms with Crippen LogP contribution in [-0.4, -0.2) is 42.0 Å². The van der Waals surface area contributed by atoms with Gasteiger partial charge in [0.05, 0.1) is 30.7 Å². The fourth-order valence-electron chi connectivity index (χ4n) is 3.45. The van der Waals surface area contributed by atoms with Crippen LogP contribution in [0.5, 0.6) is 0 Å². The molecule has 0 saturated carbocycles. The van der Waals surface area contributed by atoms with Gasteiger partial charge in [0, 0.05) is 18.3 Å². The lowest BCUT2D eigenvalue weighted by Crippen LogP contribution is -3.12. The van der Waals surface area contributed by atoms with Crippen molar-refractivity contribution < 1.29 is 14.4 Å². The van der Waals surface area contributed by atoms with Crippen molar-refractivity contribution in [2.45, 2.75) is 13.1 Å². The highest BCUT2D eigenvalue weighted by molar-refractivity contribution is 5.93. The van der Waals surface area contributed by atoms with Crippen molar-refractivity contribution in [3.8, 4) is 5.69 Å². The van der Waals surface area contributed by atoms with Crippen molar-refractivity contribution >= 4 is 5.91 Å². The molecule has 0 unspecified atom stereocenters. The van der Waals surface area contributed by atoms with E-state index in [0.29, 0.717) is 12.1 Å². The minimum absolute atomic E-state index is 0.115. The molecule has 28 heavy (non-hydrogen) atoms. The normalized spacial score (nSPS) is 14.7. The molecule has 4 rings (SSSR count). The second-order valence-corrected chi connectivity index (χ2v) is 7.00. The number of quaternary nitrogens is 1. The molecule has 3 aromatic rings. The van der Waals surface area contributed by atoms with Crippen LogP contribution in [0.1, 0.15) is 21.5 Å². The van der Waals surface area contributed by atoms with E-state index in [2.05, 4.69) is 28.6 Å². The summed E-state index contributed by atoms with van der Waals surface area (Å²) in [7, 11) is 0. The maximum Gasteiger partial charge on any atom is 0.254 e. The summed E-state index contributed by atoms with van der Waals surface area (Å²) in [4.78, 5) is 14.1. The maximum absolute atomic E-state index is 12.6. The van der Waals surface area contributed by atoms with Gasteiger partial charge in [-0.3, -0.25) is 4.79 Å². The third-order valence-electron chi connectivity index (χ3n) is 5.06. The van der Waals surface area contributed by atoms with E-state index in [9.17, 15) is 4.79 Å². The molecule has 2 heterocycles. The molecule has 0 radical (unpaired) electrons. The summed E-state index contributed by atoms with van der Waals surface area (Å²) in [6, 6.07) is 18.1. The predicted octanol–water partition coefficient (Wildman–Crippen LogP) is 1.22. The van der Waals surface area contributed by atoms with Crippen molar-refractivity contribution in [3.05, 3.63) is 83.7 Å². The second-order valence-electron chi connectivity index (χ2n) is 7.00. The molecule has 1 amide bonds. The third-order valence-corrected chi connectivity index (χ3v) is 5.06. The van der Waals surface area contributed by atoms with E-state index in [-0.39, 0.29) is 5.91 Å². The fourth-order valence-corrected chi connectivity index (χ4v) is 3.45. The first-order chi connectivity index (χ1) is 13.8. The Balaban J connectivity index is 1.39. The van der Waals surface area contributed by atoms with Gasteiger partial charge in [-0.1, -0.05) is 42.5 Å². The summed E-state index contributed by atoms with van der Waals surface area (Å²) in [5.41, 5.74) is 3.92. The summed E-state index contributed by atoms with van der Waals surface area (Å²) in [6.45, 7) is 5.16. The zero-order valence-electron chi connectivity index (χ0n) is 15.8. The second kappa shape index (κ2) is 8.82. The quantitative estimate of drug-likeness (QED) is 0.679. The Labute approximate surface area is 164 Å². The molecule has 0 bridgehead atoms. The number of carbonyl (C=O) groups is 1. The van der Waals surface area contributed by atoms with E-state index in [1.54, 1.807) is 17.1 Å². The lowest BCUT2D eigenvalue weighted by molar-refractivity contribution is -0.921. The van der Waals surface area contributed by atoms with Gasteiger partial charge in [-0.15, -0.1) is 0 Å². The molecule has 0 aliphatic carbocycles. The SMILES string of the molecule is O=C(NCc1ccccc1C[NH+]1CCOCC1)c1cnn(-c2ccccc2)c1. The van der Waals surface area contributed by atoms with Gasteiger partial charge >= 0.3 is 0 Å². The Hall–Kier alpha value is -2.96. The Bertz CT molecular complexity index is 917. The monoisotopic (exact) mass is 377 g/mol. The standard InChI is InChI=1S/C22H24N4O2/c27-22(20-15-24-26(17-20)21-8-2-1-3-9-21)23-14-18-6-4-5-7-19(18)16-25-10-12-28-13-11-25/h1-9,15,17H,10-14,16H2,(H,23,27)/p+1. The van der Waals surface area contributed by atoms with Crippen molar-refractivity contribution in [2.24, 2.45) is 0 Å². The summed E-state index contributed by atoms with van der Waals surface area (Å²) >= 11 is 0. The van der Waals surface area contributed by atoms with Crippen LogP contribution in [0, 0.1) is 0 Å². The maximum atomic E-state index is 12.6. The Morgan fingerprint density at radius 3 is 2.54 bits per heavy atom. The van der Waals surface area contributed by atoms with E-state index < -0.39 is 0 Å². The van der Waals surface area contributed by atoms with Crippen molar-refractivity contribution in [3.63, 3.8) is 0 Å². The van der Waals surface area contributed by atoms with Gasteiger partial charge in [-0.25, -0.2) is 4.68 Å². The average Bonchev–Trinajstić information content (AvgIpc) is 3.25. The largest absolute Gasteiger partial charge is 0.370 e. The number of nitrogens with one attached hydrogen (secondary N) is 2. The molecule has 1 aliphatic rings. The lowest BCUT2D eigenvalue weighted by Gasteiger charge is -2.24. The molecule has 1 aromatic heterocycles. The number of hydrogen-bond donors (Lipinski definition) is 2. The third kappa shape index (κ3) is 4.47. The number of carbonyl (C=O) groups excluding carboxylic acids is 1. The van der Waals surface area contributed by atoms with E-state index in [1.165, 1.54) is 10.5 Å². The molecule has 6 heteroatoms. The number of amides is 1. The van der Waals surface area contributed by atoms with E-state index in [1.807, 2.05) is 36.4 Å². The topological polar surface area (TPSA) is 60.6 Å². The van der Waals surface area contributed by atoms with Crippen LogP contribution in [0.2, 0.25) is 0 Å². The van der Waals surface area contributed by atoms with Gasteiger partial charge in [-0.2, -0.15) is 5.10 Å². The van der Waals surface area contributed by atoms with Gasteiger partial charge in [0.1, 0.15) is 19.6 Å². The van der Waals surface area contributed by atoms with E-state index in [4.69, 9.17) is 4.74 Å². The highest BCUT2D eigenvalue weighted by Crippen LogP contribution is 2.10. The highest BCUT2D eigenvalue weighted by atomic mass is 16.5. The Morgan fingerprint density at radius 2 is 1.75 bits per heavy atom. The van der Waals surface area contributed by atoms with Crippen LogP contribution < -0.4 is 10.2 Å². The minimum Gasteiger partial charge on any atom is -0.370 e. The van der Waals surface area contributed by atoms with Crippen LogP contribution in [0.25, 0.3) is 5.69 Å². The first-order valence-electron chi connectivity index (χ1n) is 9.66.